The molecule has 1 spiro atoms. The summed E-state index contributed by atoms with van der Waals surface area (Å²) in [7, 11) is 0. The first-order valence-electron chi connectivity index (χ1n) is 7.20. The molecule has 0 bridgehead atoms. The van der Waals surface area contributed by atoms with E-state index in [0.29, 0.717) is 24.2 Å². The van der Waals surface area contributed by atoms with Crippen LogP contribution in [0.15, 0.2) is 0 Å². The zero-order chi connectivity index (χ0) is 13.5. The van der Waals surface area contributed by atoms with Crippen molar-refractivity contribution in [3.8, 4) is 0 Å². The molecule has 2 fully saturated rings. The quantitative estimate of drug-likeness (QED) is 0.728. The van der Waals surface area contributed by atoms with E-state index in [4.69, 9.17) is 0 Å². The highest BCUT2D eigenvalue weighted by Crippen LogP contribution is 2.54. The van der Waals surface area contributed by atoms with E-state index >= 15 is 0 Å². The molecular formula is C15H25NO2. The molecule has 0 aromatic heterocycles. The van der Waals surface area contributed by atoms with Gasteiger partial charge in [-0.1, -0.05) is 34.1 Å². The monoisotopic (exact) mass is 251 g/mol. The molecule has 102 valence electrons. The Kier molecular flexibility index (Phi) is 3.52. The summed E-state index contributed by atoms with van der Waals surface area (Å²) in [6.07, 6.45) is 3.93. The third kappa shape index (κ3) is 2.08. The Morgan fingerprint density at radius 3 is 2.50 bits per heavy atom. The Morgan fingerprint density at radius 2 is 1.89 bits per heavy atom. The summed E-state index contributed by atoms with van der Waals surface area (Å²) in [5, 5.41) is 2.54. The number of hydrogen-bond acceptors (Lipinski definition) is 2. The summed E-state index contributed by atoms with van der Waals surface area (Å²) in [6, 6.07) is 0. The van der Waals surface area contributed by atoms with Gasteiger partial charge in [-0.3, -0.25) is 14.9 Å². The molecule has 3 nitrogen and oxygen atoms in total. The molecule has 2 rings (SSSR count). The summed E-state index contributed by atoms with van der Waals surface area (Å²) in [5.41, 5.74) is -0.0920. The molecule has 2 aliphatic rings. The van der Waals surface area contributed by atoms with Gasteiger partial charge in [-0.15, -0.1) is 0 Å². The van der Waals surface area contributed by atoms with Gasteiger partial charge in [0.15, 0.2) is 0 Å². The smallest absolute Gasteiger partial charge is 0.230 e. The Balaban J connectivity index is 2.40. The summed E-state index contributed by atoms with van der Waals surface area (Å²) < 4.78 is 0. The van der Waals surface area contributed by atoms with Crippen molar-refractivity contribution < 1.29 is 9.59 Å². The fraction of sp³-hybridized carbons (Fsp3) is 0.867. The van der Waals surface area contributed by atoms with Crippen molar-refractivity contribution in [1.82, 2.24) is 5.32 Å². The number of amides is 2. The Hall–Kier alpha value is -0.860. The summed E-state index contributed by atoms with van der Waals surface area (Å²) in [6.45, 7) is 8.69. The molecule has 18 heavy (non-hydrogen) atoms. The number of carbonyl (C=O) groups excluding carboxylic acids is 2. The Labute approximate surface area is 110 Å². The van der Waals surface area contributed by atoms with Gasteiger partial charge >= 0.3 is 0 Å². The van der Waals surface area contributed by atoms with Crippen molar-refractivity contribution in [3.63, 3.8) is 0 Å². The molecular weight excluding hydrogens is 226 g/mol. The van der Waals surface area contributed by atoms with Crippen molar-refractivity contribution in [2.24, 2.45) is 29.1 Å². The number of carbonyl (C=O) groups is 2. The van der Waals surface area contributed by atoms with Crippen LogP contribution in [0, 0.1) is 29.1 Å². The lowest BCUT2D eigenvalue weighted by Crippen LogP contribution is -2.57. The normalized spacial score (nSPS) is 41.3. The van der Waals surface area contributed by atoms with E-state index in [2.05, 4.69) is 33.0 Å². The second-order valence-corrected chi connectivity index (χ2v) is 6.83. The molecule has 3 heteroatoms. The first-order chi connectivity index (χ1) is 8.36. The number of hydrogen-bond donors (Lipinski definition) is 1. The van der Waals surface area contributed by atoms with Gasteiger partial charge in [0.25, 0.3) is 0 Å². The predicted molar refractivity (Wildman–Crippen MR) is 70.7 cm³/mol. The Bertz CT molecular complexity index is 364. The van der Waals surface area contributed by atoms with Gasteiger partial charge in [-0.2, -0.15) is 0 Å². The van der Waals surface area contributed by atoms with Crippen LogP contribution in [0.5, 0.6) is 0 Å². The molecule has 0 aromatic rings. The minimum Gasteiger partial charge on any atom is -0.296 e. The minimum atomic E-state index is -0.0920. The largest absolute Gasteiger partial charge is 0.296 e. The van der Waals surface area contributed by atoms with E-state index in [1.54, 1.807) is 0 Å². The highest BCUT2D eigenvalue weighted by molar-refractivity contribution is 5.99. The fourth-order valence-electron chi connectivity index (χ4n) is 4.35. The summed E-state index contributed by atoms with van der Waals surface area (Å²) in [5.74, 6) is 1.27. The first kappa shape index (κ1) is 13.6. The zero-order valence-corrected chi connectivity index (χ0v) is 12.0. The van der Waals surface area contributed by atoms with Crippen LogP contribution in [-0.2, 0) is 9.59 Å². The van der Waals surface area contributed by atoms with Crippen LogP contribution >= 0.6 is 0 Å². The number of piperidine rings is 1. The lowest BCUT2D eigenvalue weighted by atomic mass is 9.53. The second kappa shape index (κ2) is 4.67. The number of imide groups is 1. The van der Waals surface area contributed by atoms with E-state index in [9.17, 15) is 9.59 Å². The fourth-order valence-corrected chi connectivity index (χ4v) is 4.35. The highest BCUT2D eigenvalue weighted by atomic mass is 16.2. The molecule has 0 aromatic carbocycles. The average molecular weight is 251 g/mol. The van der Waals surface area contributed by atoms with Gasteiger partial charge in [-0.05, 0) is 36.0 Å². The van der Waals surface area contributed by atoms with E-state index < -0.39 is 0 Å². The lowest BCUT2D eigenvalue weighted by Gasteiger charge is -2.52. The molecule has 0 radical (unpaired) electrons. The van der Waals surface area contributed by atoms with Crippen LogP contribution in [-0.4, -0.2) is 11.8 Å². The highest BCUT2D eigenvalue weighted by Gasteiger charge is 2.54. The van der Waals surface area contributed by atoms with Gasteiger partial charge in [-0.25, -0.2) is 0 Å². The van der Waals surface area contributed by atoms with Crippen LogP contribution in [0.4, 0.5) is 0 Å². The third-order valence-electron chi connectivity index (χ3n) is 5.12. The molecule has 4 atom stereocenters. The second-order valence-electron chi connectivity index (χ2n) is 6.83. The molecule has 2 amide bonds. The van der Waals surface area contributed by atoms with Crippen LogP contribution in [0.2, 0.25) is 0 Å². The van der Waals surface area contributed by atoms with Gasteiger partial charge in [0.2, 0.25) is 11.8 Å². The molecule has 1 aliphatic carbocycles. The van der Waals surface area contributed by atoms with E-state index in [1.807, 2.05) is 0 Å². The van der Waals surface area contributed by atoms with Crippen LogP contribution in [0.25, 0.3) is 0 Å². The maximum atomic E-state index is 12.2. The molecule has 1 N–H and O–H groups in total. The maximum Gasteiger partial charge on any atom is 0.230 e. The van der Waals surface area contributed by atoms with E-state index in [0.717, 1.165) is 12.8 Å². The minimum absolute atomic E-state index is 0.00653. The van der Waals surface area contributed by atoms with E-state index in [-0.39, 0.29) is 23.1 Å². The van der Waals surface area contributed by atoms with Gasteiger partial charge in [0, 0.05) is 12.3 Å². The standard InChI is InChI=1S/C15H25NO2/c1-9(2)13-14(18)16-12(17)8-15(13)7-10(3)5-6-11(15)4/h9-11,13H,5-8H2,1-4H3,(H,16,17,18). The van der Waals surface area contributed by atoms with Crippen molar-refractivity contribution >= 4 is 11.8 Å². The predicted octanol–water partition coefficient (Wildman–Crippen LogP) is 2.75. The SMILES string of the molecule is CC1CCC(C)C2(CC(=O)NC(=O)C2C(C)C)C1. The number of rotatable bonds is 1. The Morgan fingerprint density at radius 1 is 1.22 bits per heavy atom. The van der Waals surface area contributed by atoms with Crippen LogP contribution in [0.1, 0.15) is 53.4 Å². The molecule has 1 saturated carbocycles. The summed E-state index contributed by atoms with van der Waals surface area (Å²) >= 11 is 0. The molecule has 1 aliphatic heterocycles. The van der Waals surface area contributed by atoms with Crippen molar-refractivity contribution in [2.45, 2.75) is 53.4 Å². The lowest BCUT2D eigenvalue weighted by molar-refractivity contribution is -0.152. The number of nitrogens with one attached hydrogen (secondary N) is 1. The molecule has 1 saturated heterocycles. The third-order valence-corrected chi connectivity index (χ3v) is 5.12. The summed E-state index contributed by atoms with van der Waals surface area (Å²) in [4.78, 5) is 24.1. The maximum absolute atomic E-state index is 12.2. The van der Waals surface area contributed by atoms with Gasteiger partial charge in [0.05, 0.1) is 0 Å². The van der Waals surface area contributed by atoms with Crippen molar-refractivity contribution in [1.29, 1.82) is 0 Å². The first-order valence-corrected chi connectivity index (χ1v) is 7.20. The zero-order valence-electron chi connectivity index (χ0n) is 12.0. The molecule has 4 unspecified atom stereocenters. The van der Waals surface area contributed by atoms with Crippen LogP contribution < -0.4 is 5.32 Å². The molecule has 1 heterocycles. The average Bonchev–Trinajstić information content (AvgIpc) is 2.22. The van der Waals surface area contributed by atoms with E-state index in [1.165, 1.54) is 6.42 Å². The van der Waals surface area contributed by atoms with Gasteiger partial charge in [0.1, 0.15) is 0 Å². The van der Waals surface area contributed by atoms with Crippen LogP contribution in [0.3, 0.4) is 0 Å². The van der Waals surface area contributed by atoms with Gasteiger partial charge < -0.3 is 0 Å². The van der Waals surface area contributed by atoms with Crippen molar-refractivity contribution in [2.75, 3.05) is 0 Å². The topological polar surface area (TPSA) is 46.2 Å². The van der Waals surface area contributed by atoms with Crippen molar-refractivity contribution in [3.05, 3.63) is 0 Å².